The topological polar surface area (TPSA) is 59.6 Å². The van der Waals surface area contributed by atoms with Gasteiger partial charge >= 0.3 is 0 Å². The molecule has 18 heavy (non-hydrogen) atoms. The average molecular weight is 248 g/mol. The van der Waals surface area contributed by atoms with Gasteiger partial charge in [0.05, 0.1) is 18.5 Å². The lowest BCUT2D eigenvalue weighted by Crippen LogP contribution is -2.55. The molecule has 0 radical (unpaired) electrons. The van der Waals surface area contributed by atoms with Crippen LogP contribution in [0.15, 0.2) is 18.2 Å². The molecule has 1 amide bonds. The Morgan fingerprint density at radius 2 is 2.06 bits per heavy atom. The number of amides is 1. The summed E-state index contributed by atoms with van der Waals surface area (Å²) in [4.78, 5) is 12.2. The van der Waals surface area contributed by atoms with E-state index in [1.54, 1.807) is 7.11 Å². The number of methoxy groups -OCH3 is 1. The average Bonchev–Trinajstić information content (AvgIpc) is 2.41. The number of hydrogen-bond donors (Lipinski definition) is 2. The van der Waals surface area contributed by atoms with Crippen LogP contribution in [0, 0.1) is 0 Å². The van der Waals surface area contributed by atoms with E-state index < -0.39 is 5.54 Å². The van der Waals surface area contributed by atoms with Crippen molar-refractivity contribution in [3.63, 3.8) is 0 Å². The Kier molecular flexibility index (Phi) is 2.63. The van der Waals surface area contributed by atoms with Gasteiger partial charge in [-0.15, -0.1) is 0 Å². The maximum atomic E-state index is 12.2. The molecule has 96 valence electrons. The van der Waals surface area contributed by atoms with Crippen LogP contribution in [-0.2, 0) is 9.53 Å². The Hall–Kier alpha value is -1.75. The molecule has 3 rings (SSSR count). The van der Waals surface area contributed by atoms with Gasteiger partial charge in [-0.3, -0.25) is 4.79 Å². The number of carbonyl (C=O) groups excluding carboxylic acids is 1. The normalized spacial score (nSPS) is 20.8. The zero-order chi connectivity index (χ0) is 12.6. The van der Waals surface area contributed by atoms with Gasteiger partial charge in [0.25, 0.3) is 0 Å². The largest absolute Gasteiger partial charge is 0.497 e. The number of hydrogen-bond acceptors (Lipinski definition) is 4. The third-order valence-corrected chi connectivity index (χ3v) is 3.63. The van der Waals surface area contributed by atoms with E-state index in [2.05, 4.69) is 10.6 Å². The molecule has 1 spiro atoms. The Bertz CT molecular complexity index is 481. The van der Waals surface area contributed by atoms with Crippen LogP contribution >= 0.6 is 0 Å². The van der Waals surface area contributed by atoms with Crippen LogP contribution in [-0.4, -0.2) is 31.8 Å². The number of carbonyl (C=O) groups is 1. The fourth-order valence-electron chi connectivity index (χ4n) is 2.49. The summed E-state index contributed by atoms with van der Waals surface area (Å²) in [5, 5.41) is 6.32. The fraction of sp³-hybridized carbons (Fsp3) is 0.462. The minimum Gasteiger partial charge on any atom is -0.497 e. The highest BCUT2D eigenvalue weighted by Gasteiger charge is 2.43. The summed E-state index contributed by atoms with van der Waals surface area (Å²) in [6.07, 6.45) is 1.38. The first-order valence-corrected chi connectivity index (χ1v) is 6.09. The van der Waals surface area contributed by atoms with Crippen molar-refractivity contribution in [1.82, 2.24) is 0 Å². The SMILES string of the molecule is COc1ccc2c(c1)NC1(CCOCC1)C(=O)N2. The molecule has 0 bridgehead atoms. The lowest BCUT2D eigenvalue weighted by molar-refractivity contribution is -0.123. The zero-order valence-corrected chi connectivity index (χ0v) is 10.3. The van der Waals surface area contributed by atoms with Crippen LogP contribution in [0.1, 0.15) is 12.8 Å². The van der Waals surface area contributed by atoms with Crippen molar-refractivity contribution in [2.45, 2.75) is 18.4 Å². The van der Waals surface area contributed by atoms with Crippen molar-refractivity contribution in [2.24, 2.45) is 0 Å². The minimum atomic E-state index is -0.530. The lowest BCUT2D eigenvalue weighted by atomic mass is 9.86. The van der Waals surface area contributed by atoms with Gasteiger partial charge in [0.15, 0.2) is 0 Å². The number of anilines is 2. The van der Waals surface area contributed by atoms with E-state index in [1.807, 2.05) is 18.2 Å². The van der Waals surface area contributed by atoms with Gasteiger partial charge in [-0.1, -0.05) is 0 Å². The molecule has 0 unspecified atom stereocenters. The second-order valence-electron chi connectivity index (χ2n) is 4.69. The molecule has 2 heterocycles. The van der Waals surface area contributed by atoms with Crippen molar-refractivity contribution in [3.8, 4) is 5.75 Å². The van der Waals surface area contributed by atoms with E-state index in [-0.39, 0.29) is 5.91 Å². The Labute approximate surface area is 105 Å². The summed E-state index contributed by atoms with van der Waals surface area (Å²) in [5.74, 6) is 0.808. The number of ether oxygens (including phenoxy) is 2. The van der Waals surface area contributed by atoms with E-state index in [9.17, 15) is 4.79 Å². The van der Waals surface area contributed by atoms with E-state index >= 15 is 0 Å². The Morgan fingerprint density at radius 1 is 1.28 bits per heavy atom. The molecule has 5 heteroatoms. The molecule has 2 aliphatic heterocycles. The summed E-state index contributed by atoms with van der Waals surface area (Å²) < 4.78 is 10.5. The third-order valence-electron chi connectivity index (χ3n) is 3.63. The van der Waals surface area contributed by atoms with Crippen LogP contribution in [0.5, 0.6) is 5.75 Å². The molecule has 5 nitrogen and oxygen atoms in total. The highest BCUT2D eigenvalue weighted by atomic mass is 16.5. The lowest BCUT2D eigenvalue weighted by Gasteiger charge is -2.41. The summed E-state index contributed by atoms with van der Waals surface area (Å²) in [7, 11) is 1.63. The van der Waals surface area contributed by atoms with Crippen LogP contribution < -0.4 is 15.4 Å². The zero-order valence-electron chi connectivity index (χ0n) is 10.3. The molecule has 1 aromatic rings. The maximum absolute atomic E-state index is 12.2. The van der Waals surface area contributed by atoms with Crippen molar-refractivity contribution in [3.05, 3.63) is 18.2 Å². The molecule has 0 atom stereocenters. The number of nitrogens with one attached hydrogen (secondary N) is 2. The van der Waals surface area contributed by atoms with Gasteiger partial charge in [-0.2, -0.15) is 0 Å². The predicted molar refractivity (Wildman–Crippen MR) is 68.0 cm³/mol. The molecule has 1 aromatic carbocycles. The predicted octanol–water partition coefficient (Wildman–Crippen LogP) is 1.61. The molecular weight excluding hydrogens is 232 g/mol. The molecule has 2 aliphatic rings. The van der Waals surface area contributed by atoms with Gasteiger partial charge in [-0.05, 0) is 12.1 Å². The second kappa shape index (κ2) is 4.17. The monoisotopic (exact) mass is 248 g/mol. The third kappa shape index (κ3) is 1.71. The van der Waals surface area contributed by atoms with E-state index in [4.69, 9.17) is 9.47 Å². The quantitative estimate of drug-likeness (QED) is 0.792. The first-order chi connectivity index (χ1) is 8.73. The fourth-order valence-corrected chi connectivity index (χ4v) is 2.49. The van der Waals surface area contributed by atoms with Crippen molar-refractivity contribution < 1.29 is 14.3 Å². The van der Waals surface area contributed by atoms with Gasteiger partial charge in [0.1, 0.15) is 11.3 Å². The highest BCUT2D eigenvalue weighted by Crippen LogP contribution is 2.37. The highest BCUT2D eigenvalue weighted by molar-refractivity contribution is 6.06. The number of rotatable bonds is 1. The molecule has 0 aliphatic carbocycles. The van der Waals surface area contributed by atoms with Gasteiger partial charge in [0, 0.05) is 32.1 Å². The van der Waals surface area contributed by atoms with Crippen LogP contribution in [0.4, 0.5) is 11.4 Å². The van der Waals surface area contributed by atoms with E-state index in [1.165, 1.54) is 0 Å². The smallest absolute Gasteiger partial charge is 0.250 e. The first kappa shape index (κ1) is 11.3. The van der Waals surface area contributed by atoms with Crippen molar-refractivity contribution >= 4 is 17.3 Å². The van der Waals surface area contributed by atoms with Crippen LogP contribution in [0.25, 0.3) is 0 Å². The molecule has 0 saturated carbocycles. The van der Waals surface area contributed by atoms with Gasteiger partial charge in [-0.25, -0.2) is 0 Å². The molecule has 0 aromatic heterocycles. The standard InChI is InChI=1S/C13H16N2O3/c1-17-9-2-3-10-11(8-9)15-13(12(16)14-10)4-6-18-7-5-13/h2-3,8,15H,4-7H2,1H3,(H,14,16). The van der Waals surface area contributed by atoms with Crippen LogP contribution in [0.2, 0.25) is 0 Å². The Balaban J connectivity index is 1.96. The molecule has 2 N–H and O–H groups in total. The van der Waals surface area contributed by atoms with E-state index in [0.717, 1.165) is 17.1 Å². The minimum absolute atomic E-state index is 0.0310. The summed E-state index contributed by atoms with van der Waals surface area (Å²) >= 11 is 0. The maximum Gasteiger partial charge on any atom is 0.250 e. The summed E-state index contributed by atoms with van der Waals surface area (Å²) in [6.45, 7) is 1.22. The Morgan fingerprint density at radius 3 is 2.78 bits per heavy atom. The van der Waals surface area contributed by atoms with Gasteiger partial charge in [0.2, 0.25) is 5.91 Å². The van der Waals surface area contributed by atoms with Crippen molar-refractivity contribution in [1.29, 1.82) is 0 Å². The second-order valence-corrected chi connectivity index (χ2v) is 4.69. The number of fused-ring (bicyclic) bond motifs is 1. The van der Waals surface area contributed by atoms with E-state index in [0.29, 0.717) is 26.1 Å². The number of benzene rings is 1. The first-order valence-electron chi connectivity index (χ1n) is 6.09. The van der Waals surface area contributed by atoms with Crippen LogP contribution in [0.3, 0.4) is 0 Å². The van der Waals surface area contributed by atoms with Crippen molar-refractivity contribution in [2.75, 3.05) is 31.0 Å². The molecule has 1 saturated heterocycles. The summed E-state index contributed by atoms with van der Waals surface area (Å²) in [5.41, 5.74) is 1.19. The molecular formula is C13H16N2O3. The molecule has 1 fully saturated rings. The van der Waals surface area contributed by atoms with Gasteiger partial charge < -0.3 is 20.1 Å². The summed E-state index contributed by atoms with van der Waals surface area (Å²) in [6, 6.07) is 5.60.